The topological polar surface area (TPSA) is 77.4 Å². The summed E-state index contributed by atoms with van der Waals surface area (Å²) in [5.74, 6) is 0.547. The van der Waals surface area contributed by atoms with Gasteiger partial charge in [0.25, 0.3) is 0 Å². The van der Waals surface area contributed by atoms with Crippen LogP contribution < -0.4 is 9.47 Å². The number of esters is 1. The van der Waals surface area contributed by atoms with Crippen molar-refractivity contribution in [3.63, 3.8) is 0 Å². The van der Waals surface area contributed by atoms with Crippen molar-refractivity contribution in [2.24, 2.45) is 4.99 Å². The second-order valence-corrected chi connectivity index (χ2v) is 8.03. The van der Waals surface area contributed by atoms with Crippen molar-refractivity contribution in [1.82, 2.24) is 4.90 Å². The van der Waals surface area contributed by atoms with Gasteiger partial charge in [-0.25, -0.2) is 9.79 Å². The Labute approximate surface area is 180 Å². The minimum Gasteiger partial charge on any atom is -0.490 e. The third kappa shape index (κ3) is 4.09. The molecule has 0 unspecified atom stereocenters. The number of rotatable bonds is 8. The van der Waals surface area contributed by atoms with E-state index in [0.717, 1.165) is 5.56 Å². The Morgan fingerprint density at radius 2 is 1.97 bits per heavy atom. The van der Waals surface area contributed by atoms with Gasteiger partial charge in [0.15, 0.2) is 16.7 Å². The van der Waals surface area contributed by atoms with Crippen molar-refractivity contribution in [2.75, 3.05) is 19.8 Å². The molecule has 7 nitrogen and oxygen atoms in total. The molecule has 1 fully saturated rings. The van der Waals surface area contributed by atoms with Crippen LogP contribution in [0.4, 0.5) is 0 Å². The van der Waals surface area contributed by atoms with Gasteiger partial charge in [-0.3, -0.25) is 9.69 Å². The van der Waals surface area contributed by atoms with Crippen molar-refractivity contribution in [1.29, 1.82) is 0 Å². The monoisotopic (exact) mass is 430 g/mol. The summed E-state index contributed by atoms with van der Waals surface area (Å²) in [6.07, 6.45) is 1.50. The highest BCUT2D eigenvalue weighted by molar-refractivity contribution is 8.15. The van der Waals surface area contributed by atoms with Crippen molar-refractivity contribution in [2.45, 2.75) is 39.0 Å². The Bertz CT molecular complexity index is 924. The van der Waals surface area contributed by atoms with Gasteiger partial charge >= 0.3 is 5.97 Å². The molecule has 0 aliphatic carbocycles. The number of hydrogen-bond acceptors (Lipinski definition) is 7. The van der Waals surface area contributed by atoms with E-state index in [-0.39, 0.29) is 17.8 Å². The molecule has 30 heavy (non-hydrogen) atoms. The maximum atomic E-state index is 13.0. The Kier molecular flexibility index (Phi) is 6.87. The van der Waals surface area contributed by atoms with E-state index in [2.05, 4.69) is 11.6 Å². The van der Waals surface area contributed by atoms with E-state index in [0.29, 0.717) is 41.2 Å². The summed E-state index contributed by atoms with van der Waals surface area (Å²) in [5.41, 5.74) is 1.58. The number of fused-ring (bicyclic) bond motifs is 1. The van der Waals surface area contributed by atoms with Crippen molar-refractivity contribution < 1.29 is 23.8 Å². The summed E-state index contributed by atoms with van der Waals surface area (Å²) in [4.78, 5) is 32.0. The first kappa shape index (κ1) is 22.0. The average molecular weight is 431 g/mol. The number of aliphatic imine (C=N–C) groups is 1. The first-order chi connectivity index (χ1) is 14.4. The van der Waals surface area contributed by atoms with E-state index >= 15 is 0 Å². The lowest BCUT2D eigenvalue weighted by molar-refractivity contribution is -0.139. The van der Waals surface area contributed by atoms with Crippen LogP contribution in [0, 0.1) is 0 Å². The summed E-state index contributed by atoms with van der Waals surface area (Å²) in [5, 5.41) is 0.304. The third-order valence-corrected chi connectivity index (χ3v) is 5.75. The zero-order valence-electron chi connectivity index (χ0n) is 17.6. The average Bonchev–Trinajstić information content (AvgIpc) is 3.00. The van der Waals surface area contributed by atoms with Crippen LogP contribution in [0.3, 0.4) is 0 Å². The van der Waals surface area contributed by atoms with E-state index in [4.69, 9.17) is 14.2 Å². The van der Waals surface area contributed by atoms with Crippen molar-refractivity contribution in [3.8, 4) is 11.5 Å². The number of carbonyl (C=O) groups is 2. The number of hydrogen-bond donors (Lipinski definition) is 0. The number of allylic oxidation sites excluding steroid dienone is 1. The number of nitrogens with zero attached hydrogens (tertiary/aromatic N) is 2. The van der Waals surface area contributed by atoms with Crippen LogP contribution >= 0.6 is 11.8 Å². The Morgan fingerprint density at radius 1 is 1.27 bits per heavy atom. The molecule has 0 saturated carbocycles. The molecule has 2 aliphatic heterocycles. The van der Waals surface area contributed by atoms with Gasteiger partial charge in [0.05, 0.1) is 35.8 Å². The first-order valence-electron chi connectivity index (χ1n) is 9.89. The minimum atomic E-state index is -0.658. The molecule has 1 amide bonds. The van der Waals surface area contributed by atoms with Gasteiger partial charge in [-0.2, -0.15) is 0 Å². The Hall–Kier alpha value is -2.74. The van der Waals surface area contributed by atoms with Crippen LogP contribution in [0.1, 0.15) is 39.3 Å². The van der Waals surface area contributed by atoms with E-state index in [1.54, 1.807) is 17.9 Å². The normalized spacial score (nSPS) is 20.6. The fourth-order valence-corrected chi connectivity index (χ4v) is 4.46. The Morgan fingerprint density at radius 3 is 2.63 bits per heavy atom. The molecular formula is C22H26N2O5S. The largest absolute Gasteiger partial charge is 0.490 e. The predicted molar refractivity (Wildman–Crippen MR) is 117 cm³/mol. The molecule has 160 valence electrons. The fourth-order valence-electron chi connectivity index (χ4n) is 3.43. The lowest BCUT2D eigenvalue weighted by atomic mass is 9.94. The summed E-state index contributed by atoms with van der Waals surface area (Å²) < 4.78 is 16.7. The van der Waals surface area contributed by atoms with Crippen LogP contribution in [0.15, 0.2) is 47.1 Å². The van der Waals surface area contributed by atoms with Crippen LogP contribution in [-0.2, 0) is 14.3 Å². The number of benzene rings is 1. The molecule has 8 heteroatoms. The Balaban J connectivity index is 2.13. The maximum Gasteiger partial charge on any atom is 0.338 e. The van der Waals surface area contributed by atoms with Crippen LogP contribution in [0.2, 0.25) is 0 Å². The molecule has 1 saturated heterocycles. The molecule has 2 aliphatic rings. The number of ether oxygens (including phenoxy) is 3. The summed E-state index contributed by atoms with van der Waals surface area (Å²) >= 11 is 1.39. The third-order valence-electron chi connectivity index (χ3n) is 4.69. The SMILES string of the molecule is C=CCOC(=O)C1=C(C)N=C2S[C@H](C)C(=O)N2[C@H]1c1ccc(OCC)c(OCC)c1. The smallest absolute Gasteiger partial charge is 0.338 e. The summed E-state index contributed by atoms with van der Waals surface area (Å²) in [6, 6.07) is 4.80. The van der Waals surface area contributed by atoms with Gasteiger partial charge in [-0.1, -0.05) is 30.5 Å². The van der Waals surface area contributed by atoms with Crippen LogP contribution in [0.25, 0.3) is 0 Å². The summed E-state index contributed by atoms with van der Waals surface area (Å²) in [6.45, 7) is 12.0. The number of amides is 1. The van der Waals surface area contributed by atoms with E-state index in [9.17, 15) is 9.59 Å². The van der Waals surface area contributed by atoms with Gasteiger partial charge < -0.3 is 14.2 Å². The highest BCUT2D eigenvalue weighted by Gasteiger charge is 2.46. The zero-order chi connectivity index (χ0) is 21.8. The van der Waals surface area contributed by atoms with Gasteiger partial charge in [0.2, 0.25) is 5.91 Å². The van der Waals surface area contributed by atoms with Crippen LogP contribution in [0.5, 0.6) is 11.5 Å². The molecule has 0 bridgehead atoms. The minimum absolute atomic E-state index is 0.0749. The standard InChI is InChI=1S/C22H26N2O5S/c1-6-11-29-21(26)18-13(4)23-22-24(20(25)14(5)30-22)19(18)15-9-10-16(27-7-2)17(12-15)28-8-3/h6,9-10,12,14,19H,1,7-8,11H2,2-5H3/t14-,19+/m1/s1. The second-order valence-electron chi connectivity index (χ2n) is 6.72. The molecule has 0 aromatic heterocycles. The van der Waals surface area contributed by atoms with Crippen molar-refractivity contribution >= 4 is 28.8 Å². The highest BCUT2D eigenvalue weighted by atomic mass is 32.2. The van der Waals surface area contributed by atoms with E-state index in [1.807, 2.05) is 32.9 Å². The maximum absolute atomic E-state index is 13.0. The number of carbonyl (C=O) groups excluding carboxylic acids is 2. The lowest BCUT2D eigenvalue weighted by Crippen LogP contribution is -2.40. The molecule has 3 rings (SSSR count). The molecule has 2 heterocycles. The summed E-state index contributed by atoms with van der Waals surface area (Å²) in [7, 11) is 0. The highest BCUT2D eigenvalue weighted by Crippen LogP contribution is 2.44. The molecule has 1 aromatic rings. The molecule has 0 spiro atoms. The fraction of sp³-hybridized carbons (Fsp3) is 0.409. The van der Waals surface area contributed by atoms with Crippen molar-refractivity contribution in [3.05, 3.63) is 47.7 Å². The second kappa shape index (κ2) is 9.38. The van der Waals surface area contributed by atoms with Gasteiger partial charge in [0, 0.05) is 0 Å². The van der Waals surface area contributed by atoms with Gasteiger partial charge in [0.1, 0.15) is 6.61 Å². The van der Waals surface area contributed by atoms with Gasteiger partial charge in [-0.05, 0) is 45.4 Å². The molecule has 0 N–H and O–H groups in total. The van der Waals surface area contributed by atoms with Gasteiger partial charge in [-0.15, -0.1) is 0 Å². The quantitative estimate of drug-likeness (QED) is 0.460. The number of thioether (sulfide) groups is 1. The molecule has 1 aromatic carbocycles. The van der Waals surface area contributed by atoms with E-state index < -0.39 is 12.0 Å². The number of amidine groups is 1. The van der Waals surface area contributed by atoms with Crippen LogP contribution in [-0.4, -0.2) is 47.0 Å². The first-order valence-corrected chi connectivity index (χ1v) is 10.8. The van der Waals surface area contributed by atoms with E-state index in [1.165, 1.54) is 17.8 Å². The molecular weight excluding hydrogens is 404 g/mol. The zero-order valence-corrected chi connectivity index (χ0v) is 18.5. The lowest BCUT2D eigenvalue weighted by Gasteiger charge is -2.33. The molecule has 2 atom stereocenters. The predicted octanol–water partition coefficient (Wildman–Crippen LogP) is 3.86. The molecule has 0 radical (unpaired) electrons.